The Morgan fingerprint density at radius 3 is 3.12 bits per heavy atom. The lowest BCUT2D eigenvalue weighted by atomic mass is 10.2. The number of nitrogens with one attached hydrogen (secondary N) is 1. The van der Waals surface area contributed by atoms with Crippen LogP contribution in [0, 0.1) is 0 Å². The number of hydrogen-bond acceptors (Lipinski definition) is 3. The standard InChI is InChI=1S/C11H14N2O2S/c14-10-1-4-13(5-3-12-10)11(15)7-9-2-6-16-8-9/h2,6,8H,1,3-5,7H2,(H,12,14). The van der Waals surface area contributed by atoms with Crippen LogP contribution in [-0.2, 0) is 16.0 Å². The minimum Gasteiger partial charge on any atom is -0.354 e. The van der Waals surface area contributed by atoms with E-state index in [4.69, 9.17) is 0 Å². The number of amides is 2. The Hall–Kier alpha value is -1.36. The van der Waals surface area contributed by atoms with Gasteiger partial charge < -0.3 is 10.2 Å². The molecule has 0 bridgehead atoms. The maximum Gasteiger partial charge on any atom is 0.227 e. The molecule has 2 rings (SSSR count). The van der Waals surface area contributed by atoms with Gasteiger partial charge in [0.25, 0.3) is 0 Å². The Morgan fingerprint density at radius 2 is 2.38 bits per heavy atom. The molecule has 1 saturated heterocycles. The lowest BCUT2D eigenvalue weighted by Gasteiger charge is -2.19. The molecule has 0 saturated carbocycles. The molecule has 2 heterocycles. The van der Waals surface area contributed by atoms with E-state index in [1.165, 1.54) is 0 Å². The van der Waals surface area contributed by atoms with E-state index in [1.54, 1.807) is 16.2 Å². The van der Waals surface area contributed by atoms with E-state index in [-0.39, 0.29) is 11.8 Å². The zero-order chi connectivity index (χ0) is 11.4. The first-order valence-electron chi connectivity index (χ1n) is 5.31. The van der Waals surface area contributed by atoms with Gasteiger partial charge in [-0.15, -0.1) is 0 Å². The van der Waals surface area contributed by atoms with Crippen LogP contribution in [-0.4, -0.2) is 36.3 Å². The smallest absolute Gasteiger partial charge is 0.227 e. The van der Waals surface area contributed by atoms with E-state index in [1.807, 2.05) is 16.8 Å². The predicted molar refractivity (Wildman–Crippen MR) is 62.2 cm³/mol. The number of nitrogens with zero attached hydrogens (tertiary/aromatic N) is 1. The number of carbonyl (C=O) groups excluding carboxylic acids is 2. The summed E-state index contributed by atoms with van der Waals surface area (Å²) in [4.78, 5) is 24.8. The summed E-state index contributed by atoms with van der Waals surface area (Å²) in [5, 5.41) is 6.71. The van der Waals surface area contributed by atoms with Gasteiger partial charge in [0.1, 0.15) is 0 Å². The average molecular weight is 238 g/mol. The number of hydrogen-bond donors (Lipinski definition) is 1. The highest BCUT2D eigenvalue weighted by molar-refractivity contribution is 7.07. The molecule has 1 aromatic heterocycles. The van der Waals surface area contributed by atoms with E-state index < -0.39 is 0 Å². The molecule has 2 amide bonds. The van der Waals surface area contributed by atoms with Crippen LogP contribution < -0.4 is 5.32 Å². The third kappa shape index (κ3) is 2.82. The third-order valence-electron chi connectivity index (χ3n) is 2.60. The Morgan fingerprint density at radius 1 is 1.50 bits per heavy atom. The van der Waals surface area contributed by atoms with Crippen LogP contribution >= 0.6 is 11.3 Å². The molecule has 5 heteroatoms. The van der Waals surface area contributed by atoms with Crippen molar-refractivity contribution in [3.05, 3.63) is 22.4 Å². The summed E-state index contributed by atoms with van der Waals surface area (Å²) in [7, 11) is 0. The van der Waals surface area contributed by atoms with Crippen molar-refractivity contribution >= 4 is 23.2 Å². The fourth-order valence-corrected chi connectivity index (χ4v) is 2.36. The summed E-state index contributed by atoms with van der Waals surface area (Å²) in [5.41, 5.74) is 1.05. The van der Waals surface area contributed by atoms with Gasteiger partial charge in [-0.3, -0.25) is 9.59 Å². The van der Waals surface area contributed by atoms with Gasteiger partial charge in [-0.1, -0.05) is 0 Å². The molecule has 1 aliphatic rings. The van der Waals surface area contributed by atoms with Crippen molar-refractivity contribution in [1.82, 2.24) is 10.2 Å². The lowest BCUT2D eigenvalue weighted by molar-refractivity contribution is -0.130. The Labute approximate surface area is 98.3 Å². The molecule has 0 spiro atoms. The Kier molecular flexibility index (Phi) is 3.56. The predicted octanol–water partition coefficient (Wildman–Crippen LogP) is 0.639. The van der Waals surface area contributed by atoms with Crippen LogP contribution in [0.4, 0.5) is 0 Å². The first kappa shape index (κ1) is 11.1. The van der Waals surface area contributed by atoms with Crippen molar-refractivity contribution in [2.45, 2.75) is 12.8 Å². The van der Waals surface area contributed by atoms with E-state index in [2.05, 4.69) is 5.32 Å². The van der Waals surface area contributed by atoms with E-state index >= 15 is 0 Å². The number of carbonyl (C=O) groups is 2. The average Bonchev–Trinajstić information content (AvgIpc) is 2.66. The Balaban J connectivity index is 1.91. The zero-order valence-corrected chi connectivity index (χ0v) is 9.76. The van der Waals surface area contributed by atoms with Gasteiger partial charge in [-0.05, 0) is 22.4 Å². The highest BCUT2D eigenvalue weighted by Crippen LogP contribution is 2.09. The third-order valence-corrected chi connectivity index (χ3v) is 3.33. The molecule has 0 radical (unpaired) electrons. The van der Waals surface area contributed by atoms with E-state index in [0.29, 0.717) is 32.5 Å². The Bertz CT molecular complexity index is 375. The van der Waals surface area contributed by atoms with Crippen molar-refractivity contribution in [2.75, 3.05) is 19.6 Å². The van der Waals surface area contributed by atoms with Gasteiger partial charge >= 0.3 is 0 Å². The van der Waals surface area contributed by atoms with Crippen molar-refractivity contribution in [3.8, 4) is 0 Å². The first-order valence-corrected chi connectivity index (χ1v) is 6.25. The summed E-state index contributed by atoms with van der Waals surface area (Å²) in [6, 6.07) is 1.96. The largest absolute Gasteiger partial charge is 0.354 e. The molecule has 16 heavy (non-hydrogen) atoms. The summed E-state index contributed by atoms with van der Waals surface area (Å²) >= 11 is 1.60. The molecule has 0 unspecified atom stereocenters. The maximum atomic E-state index is 11.9. The quantitative estimate of drug-likeness (QED) is 0.822. The molecule has 0 atom stereocenters. The molecule has 1 aliphatic heterocycles. The fourth-order valence-electron chi connectivity index (χ4n) is 1.70. The monoisotopic (exact) mass is 238 g/mol. The molecular formula is C11H14N2O2S. The topological polar surface area (TPSA) is 49.4 Å². The fraction of sp³-hybridized carbons (Fsp3) is 0.455. The van der Waals surface area contributed by atoms with Crippen molar-refractivity contribution in [1.29, 1.82) is 0 Å². The summed E-state index contributed by atoms with van der Waals surface area (Å²) in [5.74, 6) is 0.140. The van der Waals surface area contributed by atoms with Gasteiger partial charge in [0.2, 0.25) is 11.8 Å². The van der Waals surface area contributed by atoms with Crippen LogP contribution in [0.1, 0.15) is 12.0 Å². The maximum absolute atomic E-state index is 11.9. The number of rotatable bonds is 2. The molecule has 4 nitrogen and oxygen atoms in total. The van der Waals surface area contributed by atoms with Crippen LogP contribution in [0.3, 0.4) is 0 Å². The van der Waals surface area contributed by atoms with Crippen LogP contribution in [0.15, 0.2) is 16.8 Å². The van der Waals surface area contributed by atoms with Gasteiger partial charge in [0.15, 0.2) is 0 Å². The molecular weight excluding hydrogens is 224 g/mol. The molecule has 0 aliphatic carbocycles. The molecule has 1 N–H and O–H groups in total. The molecule has 0 aromatic carbocycles. The van der Waals surface area contributed by atoms with Crippen LogP contribution in [0.2, 0.25) is 0 Å². The minimum atomic E-state index is 0.0332. The minimum absolute atomic E-state index is 0.0332. The SMILES string of the molecule is O=C1CCN(C(=O)Cc2ccsc2)CCN1. The van der Waals surface area contributed by atoms with Gasteiger partial charge in [-0.2, -0.15) is 11.3 Å². The van der Waals surface area contributed by atoms with Gasteiger partial charge in [-0.25, -0.2) is 0 Å². The second-order valence-electron chi connectivity index (χ2n) is 3.79. The lowest BCUT2D eigenvalue weighted by Crippen LogP contribution is -2.35. The summed E-state index contributed by atoms with van der Waals surface area (Å²) in [6.45, 7) is 1.72. The van der Waals surface area contributed by atoms with Crippen molar-refractivity contribution < 1.29 is 9.59 Å². The zero-order valence-electron chi connectivity index (χ0n) is 8.94. The van der Waals surface area contributed by atoms with Crippen LogP contribution in [0.5, 0.6) is 0 Å². The van der Waals surface area contributed by atoms with Gasteiger partial charge in [0, 0.05) is 26.1 Å². The highest BCUT2D eigenvalue weighted by Gasteiger charge is 2.18. The van der Waals surface area contributed by atoms with Crippen LogP contribution in [0.25, 0.3) is 0 Å². The molecule has 1 aromatic rings. The summed E-state index contributed by atoms with van der Waals surface area (Å²) in [6.07, 6.45) is 0.854. The van der Waals surface area contributed by atoms with Crippen molar-refractivity contribution in [2.24, 2.45) is 0 Å². The van der Waals surface area contributed by atoms with E-state index in [9.17, 15) is 9.59 Å². The second-order valence-corrected chi connectivity index (χ2v) is 4.57. The van der Waals surface area contributed by atoms with Crippen molar-refractivity contribution in [3.63, 3.8) is 0 Å². The number of thiophene rings is 1. The first-order chi connectivity index (χ1) is 7.75. The molecule has 1 fully saturated rings. The van der Waals surface area contributed by atoms with E-state index in [0.717, 1.165) is 5.56 Å². The molecule has 86 valence electrons. The normalized spacial score (nSPS) is 16.8. The highest BCUT2D eigenvalue weighted by atomic mass is 32.1. The second kappa shape index (κ2) is 5.12. The van der Waals surface area contributed by atoms with Gasteiger partial charge in [0.05, 0.1) is 6.42 Å². The summed E-state index contributed by atoms with van der Waals surface area (Å²) < 4.78 is 0.